The lowest BCUT2D eigenvalue weighted by atomic mass is 10.3. The average molecular weight is 263 g/mol. The lowest BCUT2D eigenvalue weighted by molar-refractivity contribution is -0.145. The number of aryl methyl sites for hydroxylation is 2. The first-order valence-electron chi connectivity index (χ1n) is 5.90. The molecular weight excluding hydrogens is 246 g/mol. The van der Waals surface area contributed by atoms with Crippen LogP contribution in [0.3, 0.4) is 0 Å². The van der Waals surface area contributed by atoms with Gasteiger partial charge in [0.1, 0.15) is 13.2 Å². The third kappa shape index (κ3) is 2.93. The summed E-state index contributed by atoms with van der Waals surface area (Å²) >= 11 is 0. The summed E-state index contributed by atoms with van der Waals surface area (Å²) in [7, 11) is 1.81. The van der Waals surface area contributed by atoms with E-state index in [4.69, 9.17) is 10.5 Å². The van der Waals surface area contributed by atoms with Crippen molar-refractivity contribution >= 4 is 11.7 Å². The number of rotatable bonds is 4. The molecule has 2 aromatic heterocycles. The number of aromatic nitrogens is 4. The third-order valence-corrected chi connectivity index (χ3v) is 2.87. The van der Waals surface area contributed by atoms with Crippen molar-refractivity contribution in [2.24, 2.45) is 7.05 Å². The first-order chi connectivity index (χ1) is 8.97. The normalized spacial score (nSPS) is 10.7. The quantitative estimate of drug-likeness (QED) is 0.814. The highest BCUT2D eigenvalue weighted by Crippen LogP contribution is 2.14. The van der Waals surface area contributed by atoms with E-state index in [2.05, 4.69) is 10.2 Å². The Morgan fingerprint density at radius 3 is 2.74 bits per heavy atom. The van der Waals surface area contributed by atoms with Crippen LogP contribution in [0.1, 0.15) is 17.0 Å². The van der Waals surface area contributed by atoms with E-state index in [0.29, 0.717) is 5.69 Å². The molecule has 0 amide bonds. The SMILES string of the molecule is Cc1nn(CC(=O)OCc2cnn(C)c2)c(C)c1N. The van der Waals surface area contributed by atoms with Gasteiger partial charge in [0.2, 0.25) is 0 Å². The van der Waals surface area contributed by atoms with Crippen LogP contribution in [0.4, 0.5) is 5.69 Å². The van der Waals surface area contributed by atoms with E-state index in [9.17, 15) is 4.79 Å². The van der Waals surface area contributed by atoms with Gasteiger partial charge in [-0.15, -0.1) is 0 Å². The number of carbonyl (C=O) groups excluding carboxylic acids is 1. The Morgan fingerprint density at radius 2 is 2.21 bits per heavy atom. The van der Waals surface area contributed by atoms with Gasteiger partial charge in [0.05, 0.1) is 23.3 Å². The van der Waals surface area contributed by atoms with E-state index in [1.165, 1.54) is 0 Å². The Bertz CT molecular complexity index is 599. The molecule has 0 saturated heterocycles. The lowest BCUT2D eigenvalue weighted by Crippen LogP contribution is -2.15. The summed E-state index contributed by atoms with van der Waals surface area (Å²) in [5, 5.41) is 8.18. The molecule has 0 radical (unpaired) electrons. The van der Waals surface area contributed by atoms with Crippen molar-refractivity contribution in [2.75, 3.05) is 5.73 Å². The smallest absolute Gasteiger partial charge is 0.328 e. The number of anilines is 1. The van der Waals surface area contributed by atoms with Gasteiger partial charge in [-0.1, -0.05) is 0 Å². The minimum atomic E-state index is -0.352. The zero-order chi connectivity index (χ0) is 14.0. The molecule has 2 rings (SSSR count). The summed E-state index contributed by atoms with van der Waals surface area (Å²) < 4.78 is 8.36. The fourth-order valence-electron chi connectivity index (χ4n) is 1.74. The Balaban J connectivity index is 1.92. The van der Waals surface area contributed by atoms with Gasteiger partial charge in [-0.05, 0) is 13.8 Å². The molecule has 0 saturated carbocycles. The second kappa shape index (κ2) is 5.13. The highest BCUT2D eigenvalue weighted by atomic mass is 16.5. The molecule has 0 aliphatic heterocycles. The fourth-order valence-corrected chi connectivity index (χ4v) is 1.74. The maximum Gasteiger partial charge on any atom is 0.328 e. The van der Waals surface area contributed by atoms with E-state index in [1.807, 2.05) is 14.0 Å². The zero-order valence-electron chi connectivity index (χ0n) is 11.3. The number of nitrogens with zero attached hydrogens (tertiary/aromatic N) is 4. The number of nitrogens with two attached hydrogens (primary N) is 1. The average Bonchev–Trinajstić information content (AvgIpc) is 2.88. The molecule has 0 bridgehead atoms. The topological polar surface area (TPSA) is 88.0 Å². The number of nitrogen functional groups attached to an aromatic ring is 1. The van der Waals surface area contributed by atoms with Gasteiger partial charge >= 0.3 is 5.97 Å². The van der Waals surface area contributed by atoms with Crippen molar-refractivity contribution in [2.45, 2.75) is 27.0 Å². The van der Waals surface area contributed by atoms with Gasteiger partial charge in [-0.25, -0.2) is 0 Å². The number of hydrogen-bond donors (Lipinski definition) is 1. The molecule has 0 fully saturated rings. The minimum absolute atomic E-state index is 0.0597. The highest BCUT2D eigenvalue weighted by Gasteiger charge is 2.12. The van der Waals surface area contributed by atoms with Crippen molar-refractivity contribution in [3.63, 3.8) is 0 Å². The van der Waals surface area contributed by atoms with Crippen LogP contribution in [0.25, 0.3) is 0 Å². The molecule has 0 atom stereocenters. The molecule has 2 aromatic rings. The first-order valence-corrected chi connectivity index (χ1v) is 5.90. The molecule has 0 aromatic carbocycles. The van der Waals surface area contributed by atoms with Crippen molar-refractivity contribution in [3.8, 4) is 0 Å². The summed E-state index contributed by atoms with van der Waals surface area (Å²) in [6.45, 7) is 3.90. The molecule has 0 aliphatic carbocycles. The fraction of sp³-hybridized carbons (Fsp3) is 0.417. The highest BCUT2D eigenvalue weighted by molar-refractivity contribution is 5.69. The second-order valence-corrected chi connectivity index (χ2v) is 4.43. The van der Waals surface area contributed by atoms with E-state index >= 15 is 0 Å². The molecule has 0 unspecified atom stereocenters. The van der Waals surface area contributed by atoms with Crippen LogP contribution in [-0.2, 0) is 29.7 Å². The van der Waals surface area contributed by atoms with Gasteiger partial charge in [-0.3, -0.25) is 14.2 Å². The maximum absolute atomic E-state index is 11.7. The molecule has 102 valence electrons. The van der Waals surface area contributed by atoms with Crippen LogP contribution in [0, 0.1) is 13.8 Å². The summed E-state index contributed by atoms with van der Waals surface area (Å²) in [5.41, 5.74) is 8.76. The van der Waals surface area contributed by atoms with Gasteiger partial charge in [0.15, 0.2) is 0 Å². The van der Waals surface area contributed by atoms with Crippen LogP contribution < -0.4 is 5.73 Å². The predicted molar refractivity (Wildman–Crippen MR) is 69.1 cm³/mol. The monoisotopic (exact) mass is 263 g/mol. The molecule has 7 nitrogen and oxygen atoms in total. The lowest BCUT2D eigenvalue weighted by Gasteiger charge is -2.05. The Morgan fingerprint density at radius 1 is 1.47 bits per heavy atom. The van der Waals surface area contributed by atoms with Crippen molar-refractivity contribution in [1.82, 2.24) is 19.6 Å². The zero-order valence-corrected chi connectivity index (χ0v) is 11.3. The van der Waals surface area contributed by atoms with Crippen LogP contribution in [0.5, 0.6) is 0 Å². The van der Waals surface area contributed by atoms with E-state index in [-0.39, 0.29) is 19.1 Å². The second-order valence-electron chi connectivity index (χ2n) is 4.43. The molecule has 2 N–H and O–H groups in total. The van der Waals surface area contributed by atoms with Gasteiger partial charge in [-0.2, -0.15) is 10.2 Å². The van der Waals surface area contributed by atoms with Crippen molar-refractivity contribution < 1.29 is 9.53 Å². The molecule has 0 aliphatic rings. The third-order valence-electron chi connectivity index (χ3n) is 2.87. The van der Waals surface area contributed by atoms with E-state index in [0.717, 1.165) is 17.0 Å². The Hall–Kier alpha value is -2.31. The first kappa shape index (κ1) is 13.1. The van der Waals surface area contributed by atoms with Gasteiger partial charge in [0, 0.05) is 18.8 Å². The van der Waals surface area contributed by atoms with Crippen molar-refractivity contribution in [3.05, 3.63) is 29.3 Å². The molecule has 19 heavy (non-hydrogen) atoms. The van der Waals surface area contributed by atoms with Crippen LogP contribution in [0.2, 0.25) is 0 Å². The van der Waals surface area contributed by atoms with Crippen molar-refractivity contribution in [1.29, 1.82) is 0 Å². The predicted octanol–water partition coefficient (Wildman–Crippen LogP) is 0.559. The Kier molecular flexibility index (Phi) is 3.55. The molecule has 7 heteroatoms. The molecular formula is C12H17N5O2. The number of ether oxygens (including phenoxy) is 1. The van der Waals surface area contributed by atoms with E-state index in [1.54, 1.807) is 28.7 Å². The summed E-state index contributed by atoms with van der Waals surface area (Å²) in [6.07, 6.45) is 3.46. The summed E-state index contributed by atoms with van der Waals surface area (Å²) in [5.74, 6) is -0.352. The standard InChI is InChI=1S/C12H17N5O2/c1-8-12(13)9(2)17(15-8)6-11(18)19-7-10-4-14-16(3)5-10/h4-5H,6-7,13H2,1-3H3. The van der Waals surface area contributed by atoms with Crippen LogP contribution >= 0.6 is 0 Å². The van der Waals surface area contributed by atoms with Gasteiger partial charge < -0.3 is 10.5 Å². The molecule has 2 heterocycles. The number of carbonyl (C=O) groups is 1. The summed E-state index contributed by atoms with van der Waals surface area (Å²) in [6, 6.07) is 0. The Labute approximate surface area is 111 Å². The van der Waals surface area contributed by atoms with E-state index < -0.39 is 0 Å². The van der Waals surface area contributed by atoms with Crippen LogP contribution in [-0.4, -0.2) is 25.5 Å². The number of hydrogen-bond acceptors (Lipinski definition) is 5. The van der Waals surface area contributed by atoms with Crippen LogP contribution in [0.15, 0.2) is 12.4 Å². The largest absolute Gasteiger partial charge is 0.459 e. The molecule has 0 spiro atoms. The summed E-state index contributed by atoms with van der Waals surface area (Å²) in [4.78, 5) is 11.7. The number of esters is 1. The minimum Gasteiger partial charge on any atom is -0.459 e. The maximum atomic E-state index is 11.7. The van der Waals surface area contributed by atoms with Gasteiger partial charge in [0.25, 0.3) is 0 Å².